The summed E-state index contributed by atoms with van der Waals surface area (Å²) in [6, 6.07) is 11.5. The third-order valence-electron chi connectivity index (χ3n) is 3.98. The number of rotatable bonds is 6. The van der Waals surface area contributed by atoms with Crippen LogP contribution in [0, 0.1) is 12.8 Å². The number of hydrogen-bond donors (Lipinski definition) is 1. The van der Waals surface area contributed by atoms with Gasteiger partial charge in [0, 0.05) is 17.2 Å². The van der Waals surface area contributed by atoms with Crippen molar-refractivity contribution in [2.45, 2.75) is 24.7 Å². The van der Waals surface area contributed by atoms with E-state index in [0.717, 1.165) is 18.4 Å². The van der Waals surface area contributed by atoms with E-state index < -0.39 is 10.0 Å². The van der Waals surface area contributed by atoms with Crippen molar-refractivity contribution >= 4 is 21.5 Å². The molecule has 0 radical (unpaired) electrons. The summed E-state index contributed by atoms with van der Waals surface area (Å²) in [6.07, 6.45) is 1.89. The lowest BCUT2D eigenvalue weighted by atomic mass is 10.1. The van der Waals surface area contributed by atoms with Crippen LogP contribution in [0.5, 0.6) is 5.75 Å². The molecule has 2 aromatic carbocycles. The quantitative estimate of drug-likeness (QED) is 0.815. The van der Waals surface area contributed by atoms with Crippen molar-refractivity contribution in [3.63, 3.8) is 0 Å². The van der Waals surface area contributed by atoms with Crippen molar-refractivity contribution < 1.29 is 17.9 Å². The second-order valence-corrected chi connectivity index (χ2v) is 7.63. The SMILES string of the molecule is COc1ccc(C)cc1S(=O)(=O)Nc1ccc(C(=O)C2CC2)cc1. The van der Waals surface area contributed by atoms with E-state index in [1.54, 1.807) is 42.5 Å². The summed E-state index contributed by atoms with van der Waals surface area (Å²) in [5.41, 5.74) is 1.85. The molecule has 1 aliphatic carbocycles. The minimum Gasteiger partial charge on any atom is -0.495 e. The lowest BCUT2D eigenvalue weighted by molar-refractivity contribution is 0.0967. The van der Waals surface area contributed by atoms with Crippen LogP contribution in [-0.4, -0.2) is 21.3 Å². The Morgan fingerprint density at radius 3 is 2.38 bits per heavy atom. The van der Waals surface area contributed by atoms with Crippen LogP contribution in [0.4, 0.5) is 5.69 Å². The summed E-state index contributed by atoms with van der Waals surface area (Å²) in [5, 5.41) is 0. The Morgan fingerprint density at radius 1 is 1.12 bits per heavy atom. The van der Waals surface area contributed by atoms with Gasteiger partial charge in [0.25, 0.3) is 10.0 Å². The zero-order valence-corrected chi connectivity index (χ0v) is 14.4. The number of ketones is 1. The molecule has 126 valence electrons. The maximum Gasteiger partial charge on any atom is 0.265 e. The molecule has 0 atom stereocenters. The molecule has 0 spiro atoms. The zero-order chi connectivity index (χ0) is 17.3. The van der Waals surface area contributed by atoms with Gasteiger partial charge < -0.3 is 4.74 Å². The fraction of sp³-hybridized carbons (Fsp3) is 0.278. The second-order valence-electron chi connectivity index (χ2n) is 5.98. The lowest BCUT2D eigenvalue weighted by Gasteiger charge is -2.12. The molecule has 24 heavy (non-hydrogen) atoms. The average Bonchev–Trinajstić information content (AvgIpc) is 3.39. The zero-order valence-electron chi connectivity index (χ0n) is 13.6. The average molecular weight is 345 g/mol. The molecule has 0 bridgehead atoms. The molecule has 5 nitrogen and oxygen atoms in total. The number of carbonyl (C=O) groups is 1. The van der Waals surface area contributed by atoms with Gasteiger partial charge in [0.1, 0.15) is 10.6 Å². The number of anilines is 1. The molecule has 1 fully saturated rings. The highest BCUT2D eigenvalue weighted by atomic mass is 32.2. The maximum atomic E-state index is 12.6. The van der Waals surface area contributed by atoms with Gasteiger partial charge in [0.05, 0.1) is 7.11 Å². The Labute approximate surface area is 141 Å². The van der Waals surface area contributed by atoms with E-state index >= 15 is 0 Å². The van der Waals surface area contributed by atoms with Gasteiger partial charge in [-0.15, -0.1) is 0 Å². The molecule has 0 aliphatic heterocycles. The van der Waals surface area contributed by atoms with E-state index in [-0.39, 0.29) is 22.3 Å². The first kappa shape index (κ1) is 16.5. The Hall–Kier alpha value is -2.34. The highest BCUT2D eigenvalue weighted by molar-refractivity contribution is 7.92. The summed E-state index contributed by atoms with van der Waals surface area (Å²) in [6.45, 7) is 1.82. The fourth-order valence-corrected chi connectivity index (χ4v) is 3.80. The summed E-state index contributed by atoms with van der Waals surface area (Å²) in [7, 11) is -2.34. The summed E-state index contributed by atoms with van der Waals surface area (Å²) in [5.74, 6) is 0.558. The largest absolute Gasteiger partial charge is 0.495 e. The third kappa shape index (κ3) is 3.43. The van der Waals surface area contributed by atoms with Gasteiger partial charge in [0.2, 0.25) is 0 Å². The Morgan fingerprint density at radius 2 is 1.79 bits per heavy atom. The summed E-state index contributed by atoms with van der Waals surface area (Å²) >= 11 is 0. The van der Waals surface area contributed by atoms with Crippen molar-refractivity contribution in [3.8, 4) is 5.75 Å². The monoisotopic (exact) mass is 345 g/mol. The summed E-state index contributed by atoms with van der Waals surface area (Å²) < 4.78 is 32.9. The Bertz CT molecular complexity index is 868. The van der Waals surface area contributed by atoms with E-state index in [9.17, 15) is 13.2 Å². The molecule has 0 unspecified atom stereocenters. The topological polar surface area (TPSA) is 72.5 Å². The molecular formula is C18H19NO4S. The van der Waals surface area contributed by atoms with Crippen LogP contribution in [0.2, 0.25) is 0 Å². The number of sulfonamides is 1. The standard InChI is InChI=1S/C18H19NO4S/c1-12-3-10-16(23-2)17(11-12)24(21,22)19-15-8-6-14(7-9-15)18(20)13-4-5-13/h3,6-11,13,19H,4-5H2,1-2H3. The molecule has 3 rings (SSSR count). The van der Waals surface area contributed by atoms with Gasteiger partial charge in [-0.3, -0.25) is 9.52 Å². The van der Waals surface area contributed by atoms with Gasteiger partial charge in [-0.05, 0) is 61.7 Å². The number of ether oxygens (including phenoxy) is 1. The van der Waals surface area contributed by atoms with Gasteiger partial charge in [-0.25, -0.2) is 8.42 Å². The number of methoxy groups -OCH3 is 1. The minimum atomic E-state index is -3.78. The first-order valence-electron chi connectivity index (χ1n) is 7.72. The molecule has 2 aromatic rings. The normalized spacial score (nSPS) is 14.2. The molecule has 1 N–H and O–H groups in total. The van der Waals surface area contributed by atoms with Gasteiger partial charge >= 0.3 is 0 Å². The van der Waals surface area contributed by atoms with Crippen molar-refractivity contribution in [2.75, 3.05) is 11.8 Å². The highest BCUT2D eigenvalue weighted by Crippen LogP contribution is 2.33. The van der Waals surface area contributed by atoms with Crippen LogP contribution < -0.4 is 9.46 Å². The highest BCUT2D eigenvalue weighted by Gasteiger charge is 2.30. The Balaban J connectivity index is 1.84. The fourth-order valence-electron chi connectivity index (χ4n) is 2.49. The van der Waals surface area contributed by atoms with Crippen LogP contribution in [0.3, 0.4) is 0 Å². The molecule has 1 aliphatic rings. The van der Waals surface area contributed by atoms with Crippen LogP contribution >= 0.6 is 0 Å². The van der Waals surface area contributed by atoms with Crippen LogP contribution in [0.25, 0.3) is 0 Å². The van der Waals surface area contributed by atoms with Gasteiger partial charge in [0.15, 0.2) is 5.78 Å². The predicted octanol–water partition coefficient (Wildman–Crippen LogP) is 3.40. The molecule has 0 aromatic heterocycles. The molecule has 6 heteroatoms. The van der Waals surface area contributed by atoms with E-state index in [0.29, 0.717) is 11.3 Å². The molecule has 0 heterocycles. The van der Waals surface area contributed by atoms with Crippen LogP contribution in [0.1, 0.15) is 28.8 Å². The molecule has 1 saturated carbocycles. The van der Waals surface area contributed by atoms with Crippen LogP contribution in [0.15, 0.2) is 47.4 Å². The lowest BCUT2D eigenvalue weighted by Crippen LogP contribution is -2.14. The van der Waals surface area contributed by atoms with Crippen molar-refractivity contribution in [2.24, 2.45) is 5.92 Å². The van der Waals surface area contributed by atoms with Gasteiger partial charge in [-0.2, -0.15) is 0 Å². The first-order chi connectivity index (χ1) is 11.4. The number of benzene rings is 2. The predicted molar refractivity (Wildman–Crippen MR) is 92.0 cm³/mol. The third-order valence-corrected chi connectivity index (χ3v) is 5.38. The number of nitrogens with one attached hydrogen (secondary N) is 1. The van der Waals surface area contributed by atoms with E-state index in [1.165, 1.54) is 7.11 Å². The van der Waals surface area contributed by atoms with Crippen molar-refractivity contribution in [3.05, 3.63) is 53.6 Å². The van der Waals surface area contributed by atoms with E-state index in [1.807, 2.05) is 6.92 Å². The first-order valence-corrected chi connectivity index (χ1v) is 9.21. The van der Waals surface area contributed by atoms with E-state index in [2.05, 4.69) is 4.72 Å². The second kappa shape index (κ2) is 6.28. The number of hydrogen-bond acceptors (Lipinski definition) is 4. The molecule has 0 amide bonds. The number of carbonyl (C=O) groups excluding carboxylic acids is 1. The maximum absolute atomic E-state index is 12.6. The number of aryl methyl sites for hydroxylation is 1. The Kier molecular flexibility index (Phi) is 4.32. The summed E-state index contributed by atoms with van der Waals surface area (Å²) in [4.78, 5) is 12.1. The minimum absolute atomic E-state index is 0.0862. The van der Waals surface area contributed by atoms with Gasteiger partial charge in [-0.1, -0.05) is 6.07 Å². The van der Waals surface area contributed by atoms with Crippen molar-refractivity contribution in [1.82, 2.24) is 0 Å². The smallest absolute Gasteiger partial charge is 0.265 e. The van der Waals surface area contributed by atoms with E-state index in [4.69, 9.17) is 4.74 Å². The van der Waals surface area contributed by atoms with Crippen LogP contribution in [-0.2, 0) is 10.0 Å². The molecular weight excluding hydrogens is 326 g/mol. The number of Topliss-reactive ketones (excluding diaryl/α,β-unsaturated/α-hetero) is 1. The molecule has 0 saturated heterocycles. The van der Waals surface area contributed by atoms with Crippen molar-refractivity contribution in [1.29, 1.82) is 0 Å².